The van der Waals surface area contributed by atoms with Gasteiger partial charge in [-0.15, -0.1) is 23.5 Å². The van der Waals surface area contributed by atoms with Gasteiger partial charge in [0.2, 0.25) is 0 Å². The Morgan fingerprint density at radius 2 is 2.07 bits per heavy atom. The Balaban J connectivity index is 1.84. The lowest BCUT2D eigenvalue weighted by molar-refractivity contribution is -0.121. The maximum Gasteiger partial charge on any atom is 0.147 e. The normalized spacial score (nSPS) is 44.3. The van der Waals surface area contributed by atoms with Crippen LogP contribution in [0.3, 0.4) is 0 Å². The maximum absolute atomic E-state index is 11.6. The van der Waals surface area contributed by atoms with Crippen molar-refractivity contribution < 1.29 is 4.79 Å². The summed E-state index contributed by atoms with van der Waals surface area (Å²) >= 11 is 4.22. The van der Waals surface area contributed by atoms with Crippen LogP contribution in [-0.2, 0) is 4.79 Å². The number of Topliss-reactive ketones (excluding diaryl/α,β-unsaturated/α-hetero) is 1. The van der Waals surface area contributed by atoms with Crippen LogP contribution in [0, 0.1) is 11.8 Å². The van der Waals surface area contributed by atoms with E-state index >= 15 is 0 Å². The van der Waals surface area contributed by atoms with Crippen LogP contribution >= 0.6 is 23.5 Å². The molecule has 0 radical (unpaired) electrons. The summed E-state index contributed by atoms with van der Waals surface area (Å²) in [6.45, 7) is 2.88. The van der Waals surface area contributed by atoms with Gasteiger partial charge in [-0.05, 0) is 14.0 Å². The van der Waals surface area contributed by atoms with Gasteiger partial charge in [-0.25, -0.2) is 0 Å². The van der Waals surface area contributed by atoms with Crippen molar-refractivity contribution in [1.29, 1.82) is 0 Å². The summed E-state index contributed by atoms with van der Waals surface area (Å²) in [5.74, 6) is 4.38. The van der Waals surface area contributed by atoms with E-state index < -0.39 is 0 Å². The van der Waals surface area contributed by atoms with Crippen molar-refractivity contribution in [3.05, 3.63) is 0 Å². The predicted octanol–water partition coefficient (Wildman–Crippen LogP) is 1.31. The second-order valence-electron chi connectivity index (χ2n) is 4.55. The highest BCUT2D eigenvalue weighted by molar-refractivity contribution is 8.21. The molecule has 78 valence electrons. The molecule has 0 amide bonds. The molecule has 3 aliphatic rings. The van der Waals surface area contributed by atoms with Gasteiger partial charge in [-0.2, -0.15) is 0 Å². The summed E-state index contributed by atoms with van der Waals surface area (Å²) in [6, 6.07) is 0.220. The van der Waals surface area contributed by atoms with Crippen LogP contribution in [-0.4, -0.2) is 45.9 Å². The zero-order valence-electron chi connectivity index (χ0n) is 8.53. The number of likely N-dealkylation sites (N-methyl/N-ethyl adjacent to an activating group) is 1. The van der Waals surface area contributed by atoms with Gasteiger partial charge >= 0.3 is 0 Å². The number of carbonyl (C=O) groups is 1. The van der Waals surface area contributed by atoms with E-state index in [-0.39, 0.29) is 6.04 Å². The molecule has 0 N–H and O–H groups in total. The second kappa shape index (κ2) is 2.92. The third-order valence-corrected chi connectivity index (χ3v) is 7.59. The Hall–Kier alpha value is 0.330. The fraction of sp³-hybridized carbons (Fsp3) is 0.900. The van der Waals surface area contributed by atoms with Crippen molar-refractivity contribution in [2.24, 2.45) is 11.8 Å². The van der Waals surface area contributed by atoms with Gasteiger partial charge in [-0.1, -0.05) is 0 Å². The fourth-order valence-electron chi connectivity index (χ4n) is 3.23. The van der Waals surface area contributed by atoms with Crippen LogP contribution in [0.5, 0.6) is 0 Å². The van der Waals surface area contributed by atoms with Crippen molar-refractivity contribution in [1.82, 2.24) is 4.90 Å². The molecular formula is C10H15NOS2. The zero-order valence-corrected chi connectivity index (χ0v) is 10.2. The van der Waals surface area contributed by atoms with Crippen LogP contribution in [0.1, 0.15) is 6.92 Å². The van der Waals surface area contributed by atoms with Crippen molar-refractivity contribution >= 4 is 29.3 Å². The Labute approximate surface area is 93.2 Å². The number of fused-ring (bicyclic) bond motifs is 3. The molecule has 3 atom stereocenters. The van der Waals surface area contributed by atoms with Gasteiger partial charge in [0.15, 0.2) is 0 Å². The number of nitrogens with zero attached hydrogens (tertiary/aromatic N) is 1. The molecule has 3 fully saturated rings. The van der Waals surface area contributed by atoms with E-state index in [9.17, 15) is 4.79 Å². The first-order valence-corrected chi connectivity index (χ1v) is 7.12. The van der Waals surface area contributed by atoms with Crippen LogP contribution in [0.4, 0.5) is 0 Å². The molecule has 0 bridgehead atoms. The van der Waals surface area contributed by atoms with Gasteiger partial charge in [0.1, 0.15) is 5.78 Å². The molecule has 1 aliphatic carbocycles. The number of likely N-dealkylation sites (tertiary alicyclic amines) is 1. The predicted molar refractivity (Wildman–Crippen MR) is 61.7 cm³/mol. The van der Waals surface area contributed by atoms with Gasteiger partial charge in [-0.3, -0.25) is 9.69 Å². The van der Waals surface area contributed by atoms with Crippen molar-refractivity contribution in [2.45, 2.75) is 17.0 Å². The van der Waals surface area contributed by atoms with Gasteiger partial charge < -0.3 is 0 Å². The van der Waals surface area contributed by atoms with Gasteiger partial charge in [0.05, 0.1) is 10.1 Å². The average molecular weight is 229 g/mol. The minimum atomic E-state index is 0.220. The fourth-order valence-corrected chi connectivity index (χ4v) is 7.07. The average Bonchev–Trinajstić information content (AvgIpc) is 2.56. The minimum absolute atomic E-state index is 0.220. The minimum Gasteiger partial charge on any atom is -0.298 e. The smallest absolute Gasteiger partial charge is 0.147 e. The largest absolute Gasteiger partial charge is 0.298 e. The van der Waals surface area contributed by atoms with Crippen LogP contribution in [0.2, 0.25) is 0 Å². The molecule has 2 nitrogen and oxygen atoms in total. The maximum atomic E-state index is 11.6. The van der Waals surface area contributed by atoms with Crippen molar-refractivity contribution in [3.8, 4) is 0 Å². The van der Waals surface area contributed by atoms with E-state index in [1.165, 1.54) is 11.5 Å². The number of hydrogen-bond acceptors (Lipinski definition) is 4. The molecule has 2 saturated heterocycles. The first kappa shape index (κ1) is 9.55. The molecule has 1 spiro atoms. The van der Waals surface area contributed by atoms with Crippen molar-refractivity contribution in [3.63, 3.8) is 0 Å². The van der Waals surface area contributed by atoms with E-state index in [4.69, 9.17) is 0 Å². The summed E-state index contributed by atoms with van der Waals surface area (Å²) < 4.78 is 0.461. The SMILES string of the molecule is CC(=O)[C@@H]1[C@@H]2[C@H](CN1C)C21SCCS1. The highest BCUT2D eigenvalue weighted by Gasteiger charge is 2.74. The third-order valence-electron chi connectivity index (χ3n) is 3.76. The Kier molecular flexibility index (Phi) is 1.99. The van der Waals surface area contributed by atoms with E-state index in [1.807, 2.05) is 0 Å². The second-order valence-corrected chi connectivity index (χ2v) is 7.55. The number of ketones is 1. The van der Waals surface area contributed by atoms with Crippen LogP contribution in [0.15, 0.2) is 0 Å². The summed E-state index contributed by atoms with van der Waals surface area (Å²) in [6.07, 6.45) is 0. The molecule has 4 heteroatoms. The highest BCUT2D eigenvalue weighted by Crippen LogP contribution is 2.73. The molecular weight excluding hydrogens is 214 g/mol. The summed E-state index contributed by atoms with van der Waals surface area (Å²) in [4.78, 5) is 13.8. The lowest BCUT2D eigenvalue weighted by atomic mass is 10.1. The Bertz CT molecular complexity index is 288. The topological polar surface area (TPSA) is 20.3 Å². The van der Waals surface area contributed by atoms with E-state index in [2.05, 4.69) is 35.5 Å². The molecule has 14 heavy (non-hydrogen) atoms. The summed E-state index contributed by atoms with van der Waals surface area (Å²) in [5, 5.41) is 0. The molecule has 3 rings (SSSR count). The number of rotatable bonds is 1. The Morgan fingerprint density at radius 3 is 2.64 bits per heavy atom. The number of hydrogen-bond donors (Lipinski definition) is 0. The molecule has 0 aromatic rings. The molecule has 2 aliphatic heterocycles. The molecule has 0 aromatic carbocycles. The number of carbonyl (C=O) groups excluding carboxylic acids is 1. The van der Waals surface area contributed by atoms with Gasteiger partial charge in [0.25, 0.3) is 0 Å². The summed E-state index contributed by atoms with van der Waals surface area (Å²) in [7, 11) is 2.09. The highest BCUT2D eigenvalue weighted by atomic mass is 32.2. The quantitative estimate of drug-likeness (QED) is 0.675. The lowest BCUT2D eigenvalue weighted by Gasteiger charge is -2.25. The Morgan fingerprint density at radius 1 is 1.43 bits per heavy atom. The zero-order chi connectivity index (χ0) is 9.92. The molecule has 0 aromatic heterocycles. The van der Waals surface area contributed by atoms with Crippen molar-refractivity contribution in [2.75, 3.05) is 25.1 Å². The standard InChI is InChI=1S/C10H15NOS2/c1-6(12)9-8-7(5-11(9)2)10(8)13-3-4-14-10/h7-9H,3-5H2,1-2H3/t7-,8-,9+/m0/s1. The van der Waals surface area contributed by atoms with E-state index in [0.717, 1.165) is 12.5 Å². The first-order valence-electron chi connectivity index (χ1n) is 5.15. The van der Waals surface area contributed by atoms with Crippen LogP contribution < -0.4 is 0 Å². The van der Waals surface area contributed by atoms with Crippen LogP contribution in [0.25, 0.3) is 0 Å². The monoisotopic (exact) mass is 229 g/mol. The first-order chi connectivity index (χ1) is 6.67. The summed E-state index contributed by atoms with van der Waals surface area (Å²) in [5.41, 5.74) is 0. The molecule has 2 heterocycles. The molecule has 1 saturated carbocycles. The van der Waals surface area contributed by atoms with Gasteiger partial charge in [0, 0.05) is 29.9 Å². The number of piperidine rings is 1. The lowest BCUT2D eigenvalue weighted by Crippen LogP contribution is -2.38. The molecule has 0 unspecified atom stereocenters. The van der Waals surface area contributed by atoms with E-state index in [0.29, 0.717) is 15.8 Å². The number of thioether (sulfide) groups is 2. The van der Waals surface area contributed by atoms with E-state index in [1.54, 1.807) is 6.92 Å². The third kappa shape index (κ3) is 1.02.